The third-order valence-corrected chi connectivity index (χ3v) is 4.11. The van der Waals surface area contributed by atoms with E-state index < -0.39 is 0 Å². The van der Waals surface area contributed by atoms with Crippen LogP contribution in [-0.4, -0.2) is 27.8 Å². The second-order valence-corrected chi connectivity index (χ2v) is 5.59. The van der Waals surface area contributed by atoms with Gasteiger partial charge < -0.3 is 4.90 Å². The highest BCUT2D eigenvalue weighted by atomic mass is 35.5. The van der Waals surface area contributed by atoms with Crippen LogP contribution in [0.2, 0.25) is 5.28 Å². The van der Waals surface area contributed by atoms with Gasteiger partial charge in [-0.25, -0.2) is 9.97 Å². The Morgan fingerprint density at radius 2 is 2.21 bits per heavy atom. The molecule has 100 valence electrons. The van der Waals surface area contributed by atoms with Crippen molar-refractivity contribution in [3.63, 3.8) is 0 Å². The topological polar surface area (TPSA) is 46.1 Å². The number of amides is 1. The number of hydrogen-bond acceptors (Lipinski definition) is 4. The molecule has 6 heteroatoms. The summed E-state index contributed by atoms with van der Waals surface area (Å²) in [5.41, 5.74) is 1.00. The van der Waals surface area contributed by atoms with Crippen LogP contribution in [0, 0.1) is 6.92 Å². The lowest BCUT2D eigenvalue weighted by Crippen LogP contribution is -2.30. The minimum Gasteiger partial charge on any atom is -0.333 e. The zero-order valence-electron chi connectivity index (χ0n) is 10.9. The van der Waals surface area contributed by atoms with Crippen molar-refractivity contribution in [3.05, 3.63) is 45.1 Å². The average Bonchev–Trinajstić information content (AvgIpc) is 2.88. The molecule has 2 aromatic rings. The third-order valence-electron chi connectivity index (χ3n) is 2.90. The first-order valence-corrected chi connectivity index (χ1v) is 7.06. The maximum atomic E-state index is 12.4. The molecule has 2 rings (SSSR count). The summed E-state index contributed by atoms with van der Waals surface area (Å²) < 4.78 is 0. The number of nitrogens with zero attached hydrogens (tertiary/aromatic N) is 3. The average molecular weight is 296 g/mol. The van der Waals surface area contributed by atoms with Crippen molar-refractivity contribution in [2.24, 2.45) is 0 Å². The molecule has 4 nitrogen and oxygen atoms in total. The first-order valence-electron chi connectivity index (χ1n) is 5.81. The largest absolute Gasteiger partial charge is 0.333 e. The van der Waals surface area contributed by atoms with Crippen molar-refractivity contribution in [1.82, 2.24) is 14.9 Å². The molecular weight excluding hydrogens is 282 g/mol. The summed E-state index contributed by atoms with van der Waals surface area (Å²) in [6.07, 6.45) is 0. The van der Waals surface area contributed by atoms with E-state index in [0.717, 1.165) is 4.88 Å². The molecular formula is C13H14ClN3OS. The Kier molecular flexibility index (Phi) is 4.17. The Hall–Kier alpha value is -1.46. The molecule has 0 saturated carbocycles. The smallest absolute Gasteiger partial charge is 0.272 e. The van der Waals surface area contributed by atoms with Crippen LogP contribution in [0.4, 0.5) is 0 Å². The Balaban J connectivity index is 2.23. The number of carbonyl (C=O) groups is 1. The molecule has 1 unspecified atom stereocenters. The van der Waals surface area contributed by atoms with Gasteiger partial charge in [-0.2, -0.15) is 0 Å². The molecule has 0 aliphatic carbocycles. The van der Waals surface area contributed by atoms with Crippen molar-refractivity contribution < 1.29 is 4.79 Å². The Bertz CT molecular complexity index is 565. The lowest BCUT2D eigenvalue weighted by molar-refractivity contribution is 0.0738. The van der Waals surface area contributed by atoms with Gasteiger partial charge in [0, 0.05) is 17.6 Å². The van der Waals surface area contributed by atoms with Crippen LogP contribution in [0.3, 0.4) is 0 Å². The fraction of sp³-hybridized carbons (Fsp3) is 0.308. The fourth-order valence-corrected chi connectivity index (χ4v) is 2.77. The molecule has 0 saturated heterocycles. The van der Waals surface area contributed by atoms with Gasteiger partial charge >= 0.3 is 0 Å². The highest BCUT2D eigenvalue weighted by molar-refractivity contribution is 7.10. The molecule has 0 N–H and O–H groups in total. The second-order valence-electron chi connectivity index (χ2n) is 4.27. The standard InChI is InChI=1S/C13H14ClN3OS/c1-8-7-10(16-13(14)15-8)12(18)17(3)9(2)11-5-4-6-19-11/h4-7,9H,1-3H3. The van der Waals surface area contributed by atoms with Crippen molar-refractivity contribution in [2.45, 2.75) is 19.9 Å². The molecule has 0 spiro atoms. The van der Waals surface area contributed by atoms with Crippen molar-refractivity contribution in [2.75, 3.05) is 7.05 Å². The lowest BCUT2D eigenvalue weighted by Gasteiger charge is -2.23. The summed E-state index contributed by atoms with van der Waals surface area (Å²) in [5.74, 6) is -0.159. The first-order chi connectivity index (χ1) is 8.99. The zero-order chi connectivity index (χ0) is 14.0. The predicted molar refractivity (Wildman–Crippen MR) is 76.6 cm³/mol. The van der Waals surface area contributed by atoms with E-state index in [2.05, 4.69) is 9.97 Å². The summed E-state index contributed by atoms with van der Waals surface area (Å²) in [6.45, 7) is 3.77. The number of thiophene rings is 1. The summed E-state index contributed by atoms with van der Waals surface area (Å²) >= 11 is 7.41. The van der Waals surface area contributed by atoms with E-state index in [9.17, 15) is 4.79 Å². The van der Waals surface area contributed by atoms with Crippen LogP contribution in [-0.2, 0) is 0 Å². The highest BCUT2D eigenvalue weighted by Crippen LogP contribution is 2.24. The molecule has 0 aromatic carbocycles. The van der Waals surface area contributed by atoms with Crippen molar-refractivity contribution in [3.8, 4) is 0 Å². The predicted octanol–water partition coefficient (Wildman–Crippen LogP) is 3.33. The number of hydrogen-bond donors (Lipinski definition) is 0. The molecule has 2 heterocycles. The Labute approximate surface area is 121 Å². The van der Waals surface area contributed by atoms with Gasteiger partial charge in [0.1, 0.15) is 5.69 Å². The Morgan fingerprint density at radius 3 is 2.79 bits per heavy atom. The molecule has 19 heavy (non-hydrogen) atoms. The SMILES string of the molecule is Cc1cc(C(=O)N(C)C(C)c2cccs2)nc(Cl)n1. The van der Waals surface area contributed by atoms with Gasteiger partial charge in [-0.3, -0.25) is 4.79 Å². The van der Waals surface area contributed by atoms with Gasteiger partial charge in [0.25, 0.3) is 5.91 Å². The number of aryl methyl sites for hydroxylation is 1. The van der Waals surface area contributed by atoms with E-state index in [0.29, 0.717) is 11.4 Å². The maximum Gasteiger partial charge on any atom is 0.272 e. The highest BCUT2D eigenvalue weighted by Gasteiger charge is 2.21. The summed E-state index contributed by atoms with van der Waals surface area (Å²) in [4.78, 5) is 23.1. The van der Waals surface area contributed by atoms with Gasteiger partial charge in [0.2, 0.25) is 5.28 Å². The van der Waals surface area contributed by atoms with E-state index in [4.69, 9.17) is 11.6 Å². The second kappa shape index (κ2) is 5.67. The maximum absolute atomic E-state index is 12.4. The normalized spacial score (nSPS) is 12.2. The minimum atomic E-state index is -0.159. The quantitative estimate of drug-likeness (QED) is 0.816. The van der Waals surface area contributed by atoms with Crippen molar-refractivity contribution >= 4 is 28.8 Å². The molecule has 1 amide bonds. The van der Waals surface area contributed by atoms with Crippen LogP contribution in [0.5, 0.6) is 0 Å². The van der Waals surface area contributed by atoms with Crippen LogP contribution in [0.25, 0.3) is 0 Å². The van der Waals surface area contributed by atoms with E-state index in [-0.39, 0.29) is 17.2 Å². The van der Waals surface area contributed by atoms with E-state index >= 15 is 0 Å². The molecule has 0 aliphatic heterocycles. The van der Waals surface area contributed by atoms with Crippen LogP contribution in [0.1, 0.15) is 34.0 Å². The number of carbonyl (C=O) groups excluding carboxylic acids is 1. The molecule has 1 atom stereocenters. The summed E-state index contributed by atoms with van der Waals surface area (Å²) in [5, 5.41) is 2.09. The van der Waals surface area contributed by atoms with Gasteiger partial charge in [-0.05, 0) is 43.0 Å². The first kappa shape index (κ1) is 14.0. The number of aromatic nitrogens is 2. The summed E-state index contributed by atoms with van der Waals surface area (Å²) in [6, 6.07) is 5.63. The van der Waals surface area contributed by atoms with Gasteiger partial charge in [-0.1, -0.05) is 6.07 Å². The van der Waals surface area contributed by atoms with Crippen LogP contribution < -0.4 is 0 Å². The Morgan fingerprint density at radius 1 is 1.47 bits per heavy atom. The monoisotopic (exact) mass is 295 g/mol. The van der Waals surface area contributed by atoms with Gasteiger partial charge in [-0.15, -0.1) is 11.3 Å². The van der Waals surface area contributed by atoms with Gasteiger partial charge in [0.05, 0.1) is 6.04 Å². The fourth-order valence-electron chi connectivity index (χ4n) is 1.72. The van der Waals surface area contributed by atoms with E-state index in [1.54, 1.807) is 36.3 Å². The molecule has 0 bridgehead atoms. The summed E-state index contributed by atoms with van der Waals surface area (Å²) in [7, 11) is 1.76. The number of rotatable bonds is 3. The van der Waals surface area contributed by atoms with E-state index in [1.165, 1.54) is 0 Å². The van der Waals surface area contributed by atoms with Crippen LogP contribution >= 0.6 is 22.9 Å². The van der Waals surface area contributed by atoms with Gasteiger partial charge in [0.15, 0.2) is 0 Å². The molecule has 2 aromatic heterocycles. The molecule has 0 radical (unpaired) electrons. The third kappa shape index (κ3) is 3.11. The molecule has 0 fully saturated rings. The van der Waals surface area contributed by atoms with Crippen LogP contribution in [0.15, 0.2) is 23.6 Å². The number of halogens is 1. The molecule has 0 aliphatic rings. The van der Waals surface area contributed by atoms with Crippen molar-refractivity contribution in [1.29, 1.82) is 0 Å². The lowest BCUT2D eigenvalue weighted by atomic mass is 10.2. The zero-order valence-corrected chi connectivity index (χ0v) is 12.5. The van der Waals surface area contributed by atoms with E-state index in [1.807, 2.05) is 24.4 Å². The minimum absolute atomic E-state index is 0.00143.